The number of sulfonamides is 1. The monoisotopic (exact) mass is 658 g/mol. The number of anilines is 2. The topological polar surface area (TPSA) is 135 Å². The van der Waals surface area contributed by atoms with Gasteiger partial charge in [-0.2, -0.15) is 11.8 Å². The second kappa shape index (κ2) is 12.8. The fraction of sp³-hybridized carbons (Fsp3) is 0.379. The van der Waals surface area contributed by atoms with E-state index in [2.05, 4.69) is 29.9 Å². The molecule has 4 aromatic rings. The van der Waals surface area contributed by atoms with Gasteiger partial charge in [0.2, 0.25) is 10.0 Å². The summed E-state index contributed by atoms with van der Waals surface area (Å²) in [5.74, 6) is 1.17. The molecule has 0 saturated heterocycles. The largest absolute Gasteiger partial charge is 0.470 e. The third kappa shape index (κ3) is 6.27. The van der Waals surface area contributed by atoms with Gasteiger partial charge in [-0.3, -0.25) is 9.36 Å². The van der Waals surface area contributed by atoms with E-state index in [4.69, 9.17) is 6.98 Å². The average molecular weight is 659 g/mol. The van der Waals surface area contributed by atoms with Crippen molar-refractivity contribution >= 4 is 67.5 Å². The molecule has 1 saturated carbocycles. The predicted octanol–water partition coefficient (Wildman–Crippen LogP) is 3.83. The van der Waals surface area contributed by atoms with Gasteiger partial charge >= 0.3 is 0 Å². The summed E-state index contributed by atoms with van der Waals surface area (Å²) in [4.78, 5) is 29.1. The van der Waals surface area contributed by atoms with E-state index >= 15 is 0 Å². The van der Waals surface area contributed by atoms with E-state index in [0.717, 1.165) is 36.9 Å². The Morgan fingerprint density at radius 2 is 2.02 bits per heavy atom. The molecule has 234 valence electrons. The molecule has 6 rings (SSSR count). The van der Waals surface area contributed by atoms with Gasteiger partial charge in [0, 0.05) is 38.1 Å². The van der Waals surface area contributed by atoms with Crippen LogP contribution in [0, 0.1) is 5.92 Å². The number of carbonyl (C=O) groups excluding carboxylic acids is 1. The van der Waals surface area contributed by atoms with Crippen LogP contribution in [0.4, 0.5) is 11.6 Å². The lowest BCUT2D eigenvalue weighted by molar-refractivity contribution is -0.113. The first-order valence-corrected chi connectivity index (χ1v) is 17.6. The Hall–Kier alpha value is -3.66. The lowest BCUT2D eigenvalue weighted by Gasteiger charge is -2.35. The molecule has 44 heavy (non-hydrogen) atoms. The number of amides is 1. The SMILES string of the molecule is [2H]S1([2H])c2sccc2C(OCn2ccc3c(N(C)[C@H]4CC[C@H](CS(=O)(=O)NC)CC4)ncnc32)=C(C(=O)Nc2ccccn2)N1C. The molecule has 5 heterocycles. The summed E-state index contributed by atoms with van der Waals surface area (Å²) in [6, 6.07) is 9.10. The zero-order valence-electron chi connectivity index (χ0n) is 26.6. The number of carbonyl (C=O) groups is 1. The van der Waals surface area contributed by atoms with Crippen molar-refractivity contribution in [1.82, 2.24) is 28.5 Å². The fourth-order valence-corrected chi connectivity index (χ4v) is 8.93. The van der Waals surface area contributed by atoms with Crippen molar-refractivity contribution in [3.05, 3.63) is 65.7 Å². The Morgan fingerprint density at radius 3 is 2.77 bits per heavy atom. The van der Waals surface area contributed by atoms with Crippen LogP contribution in [0.3, 0.4) is 0 Å². The van der Waals surface area contributed by atoms with Crippen LogP contribution in [-0.2, 0) is 26.3 Å². The highest BCUT2D eigenvalue weighted by atomic mass is 32.2. The fourth-order valence-electron chi connectivity index (χ4n) is 5.75. The third-order valence-corrected chi connectivity index (χ3v) is 11.7. The maximum atomic E-state index is 13.6. The quantitative estimate of drug-likeness (QED) is 0.261. The molecule has 12 nitrogen and oxygen atoms in total. The predicted molar refractivity (Wildman–Crippen MR) is 176 cm³/mol. The molecule has 2 N–H and O–H groups in total. The van der Waals surface area contributed by atoms with E-state index in [0.29, 0.717) is 21.2 Å². The van der Waals surface area contributed by atoms with Crippen LogP contribution in [0.15, 0.2) is 64.3 Å². The average Bonchev–Trinajstić information content (AvgIpc) is 3.71. The van der Waals surface area contributed by atoms with Crippen LogP contribution in [0.5, 0.6) is 0 Å². The molecule has 0 unspecified atom stereocenters. The summed E-state index contributed by atoms with van der Waals surface area (Å²) in [5, 5.41) is 5.42. The molecular formula is C29H36N8O4S3. The molecule has 15 heteroatoms. The third-order valence-electron chi connectivity index (χ3n) is 8.09. The van der Waals surface area contributed by atoms with Gasteiger partial charge in [-0.05, 0) is 68.3 Å². The van der Waals surface area contributed by atoms with Crippen molar-refractivity contribution in [2.24, 2.45) is 5.92 Å². The summed E-state index contributed by atoms with van der Waals surface area (Å²) in [6.07, 6.45) is 8.31. The number of rotatable bonds is 10. The molecule has 1 aliphatic carbocycles. The van der Waals surface area contributed by atoms with Crippen LogP contribution >= 0.6 is 23.1 Å². The van der Waals surface area contributed by atoms with Crippen LogP contribution in [-0.4, -0.2) is 73.3 Å². The minimum Gasteiger partial charge on any atom is -0.470 e. The highest BCUT2D eigenvalue weighted by Gasteiger charge is 2.31. The van der Waals surface area contributed by atoms with E-state index in [9.17, 15) is 13.2 Å². The number of pyridine rings is 1. The number of nitrogens with zero attached hydrogens (tertiary/aromatic N) is 6. The summed E-state index contributed by atoms with van der Waals surface area (Å²) in [6.45, 7) is 0.0197. The maximum absolute atomic E-state index is 13.6. The first-order valence-electron chi connectivity index (χ1n) is 15.1. The lowest BCUT2D eigenvalue weighted by Crippen LogP contribution is -2.38. The molecule has 1 aliphatic heterocycles. The van der Waals surface area contributed by atoms with Gasteiger partial charge in [0.05, 0.1) is 15.3 Å². The number of likely N-dealkylation sites (N-methyl/N-ethyl adjacent to an activating group) is 1. The van der Waals surface area contributed by atoms with Gasteiger partial charge in [0.1, 0.15) is 25.9 Å². The van der Waals surface area contributed by atoms with Crippen molar-refractivity contribution < 1.29 is 17.9 Å². The molecule has 0 spiro atoms. The molecule has 0 radical (unpaired) electrons. The van der Waals surface area contributed by atoms with E-state index in [-0.39, 0.29) is 35.9 Å². The minimum absolute atomic E-state index is 0.0197. The lowest BCUT2D eigenvalue weighted by atomic mass is 9.86. The smallest absolute Gasteiger partial charge is 0.277 e. The Bertz CT molecular complexity index is 1880. The number of nitrogens with one attached hydrogen (secondary N) is 2. The standard InChI is InChI=1S/C29H36N8O4S3/c1-30-44(39,40)16-19-7-9-20(10-8-19)35(2)26-22-11-14-37(27(22)33-17-32-26)18-41-25-21-12-15-42-29(21)43-36(3)24(25)28(38)34-23-6-4-5-13-31-23/h4-6,11-15,17,19-20,30H,7-10,16,18,43H2,1-3H3,(H,31,34,38)/t19-,20-/i43D2. The van der Waals surface area contributed by atoms with E-state index in [1.54, 1.807) is 42.9 Å². The molecule has 2 aliphatic rings. The van der Waals surface area contributed by atoms with Crippen molar-refractivity contribution in [1.29, 1.82) is 2.25 Å². The normalized spacial score (nSPS) is 21.3. The van der Waals surface area contributed by atoms with E-state index in [1.807, 2.05) is 23.9 Å². The summed E-state index contributed by atoms with van der Waals surface area (Å²) < 4.78 is 54.3. The Balaban J connectivity index is 1.24. The van der Waals surface area contributed by atoms with E-state index in [1.165, 1.54) is 29.0 Å². The highest BCUT2D eigenvalue weighted by Crippen LogP contribution is 2.44. The van der Waals surface area contributed by atoms with Gasteiger partial charge in [0.25, 0.3) is 5.91 Å². The Kier molecular flexibility index (Phi) is 8.07. The minimum atomic E-state index is -3.24. The molecule has 1 amide bonds. The van der Waals surface area contributed by atoms with E-state index < -0.39 is 27.7 Å². The number of hydrogen-bond acceptors (Lipinski definition) is 10. The van der Waals surface area contributed by atoms with Crippen LogP contribution in [0.25, 0.3) is 16.8 Å². The van der Waals surface area contributed by atoms with Gasteiger partial charge in [-0.1, -0.05) is 6.07 Å². The van der Waals surface area contributed by atoms with Gasteiger partial charge < -0.3 is 19.3 Å². The van der Waals surface area contributed by atoms with Crippen molar-refractivity contribution in [2.45, 2.75) is 42.7 Å². The van der Waals surface area contributed by atoms with Crippen LogP contribution in [0.1, 0.15) is 31.2 Å². The molecule has 0 bridgehead atoms. The molecular weight excluding hydrogens is 621 g/mol. The molecule has 4 aromatic heterocycles. The second-order valence-corrected chi connectivity index (χ2v) is 15.1. The summed E-state index contributed by atoms with van der Waals surface area (Å²) >= 11 is -1.67. The molecule has 0 aromatic carbocycles. The number of aromatic nitrogens is 4. The number of fused-ring (bicyclic) bond motifs is 2. The zero-order valence-corrected chi connectivity index (χ0v) is 27.1. The number of hydrogen-bond donors (Lipinski definition) is 2. The Morgan fingerprint density at radius 1 is 1.20 bits per heavy atom. The van der Waals surface area contributed by atoms with Crippen molar-refractivity contribution in [2.75, 3.05) is 37.1 Å². The van der Waals surface area contributed by atoms with Crippen molar-refractivity contribution in [3.8, 4) is 0 Å². The number of ether oxygens (including phenoxy) is 1. The Labute approximate surface area is 266 Å². The van der Waals surface area contributed by atoms with Gasteiger partial charge in [-0.15, -0.1) is 11.3 Å². The highest BCUT2D eigenvalue weighted by molar-refractivity contribution is 7.99. The van der Waals surface area contributed by atoms with Crippen LogP contribution < -0.4 is 14.9 Å². The first kappa shape index (κ1) is 27.9. The first-order chi connectivity index (χ1) is 22.0. The zero-order chi connectivity index (χ0) is 32.6. The van der Waals surface area contributed by atoms with Crippen molar-refractivity contribution in [3.63, 3.8) is 0 Å². The molecule has 0 atom stereocenters. The molecule has 1 fully saturated rings. The summed E-state index contributed by atoms with van der Waals surface area (Å²) in [5.41, 5.74) is 1.29. The second-order valence-electron chi connectivity index (χ2n) is 10.8. The maximum Gasteiger partial charge on any atom is 0.277 e. The number of thiophene rings is 1. The van der Waals surface area contributed by atoms with Gasteiger partial charge in [-0.25, -0.2) is 28.1 Å². The van der Waals surface area contributed by atoms with Crippen LogP contribution in [0.2, 0.25) is 0 Å². The summed E-state index contributed by atoms with van der Waals surface area (Å²) in [7, 11) is 1.79. The van der Waals surface area contributed by atoms with Gasteiger partial charge in [0.15, 0.2) is 18.2 Å².